The minimum atomic E-state index is -1.27. The molecule has 3 rings (SSSR count). The average Bonchev–Trinajstić information content (AvgIpc) is 2.67. The molecule has 20 heavy (non-hydrogen) atoms. The van der Waals surface area contributed by atoms with Crippen molar-refractivity contribution >= 4 is 5.91 Å². The van der Waals surface area contributed by atoms with E-state index < -0.39 is 5.72 Å². The van der Waals surface area contributed by atoms with Crippen molar-refractivity contribution in [2.75, 3.05) is 0 Å². The zero-order chi connectivity index (χ0) is 14.3. The number of hydrogen-bond acceptors (Lipinski definition) is 2. The highest BCUT2D eigenvalue weighted by molar-refractivity contribution is 5.99. The number of nitrogens with zero attached hydrogens (tertiary/aromatic N) is 1. The quantitative estimate of drug-likeness (QED) is 0.908. The van der Waals surface area contributed by atoms with E-state index in [1.807, 2.05) is 55.5 Å². The van der Waals surface area contributed by atoms with E-state index in [1.165, 1.54) is 0 Å². The molecule has 2 aromatic rings. The van der Waals surface area contributed by atoms with E-state index in [-0.39, 0.29) is 11.9 Å². The zero-order valence-electron chi connectivity index (χ0n) is 11.6. The molecule has 0 aliphatic carbocycles. The largest absolute Gasteiger partial charge is 0.367 e. The first kappa shape index (κ1) is 12.9. The summed E-state index contributed by atoms with van der Waals surface area (Å²) in [5.74, 6) is -0.123. The molecule has 0 saturated heterocycles. The number of carbonyl (C=O) groups excluding carboxylic acids is 1. The summed E-state index contributed by atoms with van der Waals surface area (Å²) < 4.78 is 0. The lowest BCUT2D eigenvalue weighted by Gasteiger charge is -2.36. The number of hydrogen-bond donors (Lipinski definition) is 1. The van der Waals surface area contributed by atoms with E-state index in [0.29, 0.717) is 11.1 Å². The standard InChI is InChI=1S/C17H17NO2/c1-12(13-8-4-3-5-9-13)18-16(19)14-10-6-7-11-15(14)17(18,2)20/h3-12,20H,1-2H3/t12-,17-/m0/s1. The van der Waals surface area contributed by atoms with Gasteiger partial charge in [-0.1, -0.05) is 48.5 Å². The molecule has 2 aromatic carbocycles. The molecule has 0 spiro atoms. The van der Waals surface area contributed by atoms with Gasteiger partial charge in [-0.25, -0.2) is 0 Å². The molecule has 1 aliphatic rings. The number of aliphatic hydroxyl groups is 1. The molecule has 0 fully saturated rings. The Bertz CT molecular complexity index is 649. The monoisotopic (exact) mass is 267 g/mol. The lowest BCUT2D eigenvalue weighted by atomic mass is 10.0. The summed E-state index contributed by atoms with van der Waals surface area (Å²) in [5, 5.41) is 10.8. The molecular weight excluding hydrogens is 250 g/mol. The fourth-order valence-corrected chi connectivity index (χ4v) is 2.97. The van der Waals surface area contributed by atoms with Gasteiger partial charge < -0.3 is 5.11 Å². The predicted molar refractivity (Wildman–Crippen MR) is 77.0 cm³/mol. The van der Waals surface area contributed by atoms with Crippen LogP contribution >= 0.6 is 0 Å². The van der Waals surface area contributed by atoms with E-state index >= 15 is 0 Å². The molecule has 3 heteroatoms. The summed E-state index contributed by atoms with van der Waals surface area (Å²) in [6.45, 7) is 3.61. The van der Waals surface area contributed by atoms with E-state index in [2.05, 4.69) is 0 Å². The molecule has 1 N–H and O–H groups in total. The maximum absolute atomic E-state index is 12.6. The number of fused-ring (bicyclic) bond motifs is 1. The summed E-state index contributed by atoms with van der Waals surface area (Å²) in [6.07, 6.45) is 0. The summed E-state index contributed by atoms with van der Waals surface area (Å²) in [4.78, 5) is 14.1. The highest BCUT2D eigenvalue weighted by Gasteiger charge is 2.47. The number of rotatable bonds is 2. The van der Waals surface area contributed by atoms with Crippen molar-refractivity contribution < 1.29 is 9.90 Å². The summed E-state index contributed by atoms with van der Waals surface area (Å²) in [6, 6.07) is 16.8. The van der Waals surface area contributed by atoms with E-state index in [4.69, 9.17) is 0 Å². The highest BCUT2D eigenvalue weighted by Crippen LogP contribution is 2.42. The number of amides is 1. The van der Waals surface area contributed by atoms with Gasteiger partial charge in [0.2, 0.25) is 0 Å². The number of carbonyl (C=O) groups is 1. The molecule has 102 valence electrons. The third-order valence-electron chi connectivity index (χ3n) is 4.02. The maximum atomic E-state index is 12.6. The van der Waals surface area contributed by atoms with Crippen LogP contribution < -0.4 is 0 Å². The van der Waals surface area contributed by atoms with Crippen LogP contribution in [0.3, 0.4) is 0 Å². The fraction of sp³-hybridized carbons (Fsp3) is 0.235. The Balaban J connectivity index is 2.06. The van der Waals surface area contributed by atoms with Gasteiger partial charge in [0.05, 0.1) is 6.04 Å². The third-order valence-corrected chi connectivity index (χ3v) is 4.02. The third kappa shape index (κ3) is 1.74. The van der Waals surface area contributed by atoms with Crippen molar-refractivity contribution in [3.05, 3.63) is 71.3 Å². The van der Waals surface area contributed by atoms with Gasteiger partial charge in [0.25, 0.3) is 5.91 Å². The Morgan fingerprint density at radius 2 is 1.65 bits per heavy atom. The molecule has 0 radical (unpaired) electrons. The molecule has 3 nitrogen and oxygen atoms in total. The van der Waals surface area contributed by atoms with Crippen LogP contribution in [0.25, 0.3) is 0 Å². The van der Waals surface area contributed by atoms with Crippen LogP contribution in [0.15, 0.2) is 54.6 Å². The Kier molecular flexibility index (Phi) is 2.87. The van der Waals surface area contributed by atoms with Crippen molar-refractivity contribution in [3.8, 4) is 0 Å². The van der Waals surface area contributed by atoms with Gasteiger partial charge in [-0.2, -0.15) is 0 Å². The minimum Gasteiger partial charge on any atom is -0.367 e. The molecule has 2 atom stereocenters. The Morgan fingerprint density at radius 1 is 1.05 bits per heavy atom. The van der Waals surface area contributed by atoms with Gasteiger partial charge >= 0.3 is 0 Å². The second-order valence-electron chi connectivity index (χ2n) is 5.33. The molecular formula is C17H17NO2. The van der Waals surface area contributed by atoms with Crippen LogP contribution in [0.5, 0.6) is 0 Å². The molecule has 0 unspecified atom stereocenters. The topological polar surface area (TPSA) is 40.5 Å². The van der Waals surface area contributed by atoms with Crippen molar-refractivity contribution in [1.29, 1.82) is 0 Å². The fourth-order valence-electron chi connectivity index (χ4n) is 2.97. The maximum Gasteiger partial charge on any atom is 0.257 e. The minimum absolute atomic E-state index is 0.123. The van der Waals surface area contributed by atoms with Gasteiger partial charge in [-0.3, -0.25) is 9.69 Å². The normalized spacial score (nSPS) is 22.8. The molecule has 0 aromatic heterocycles. The van der Waals surface area contributed by atoms with Gasteiger partial charge in [-0.15, -0.1) is 0 Å². The van der Waals surface area contributed by atoms with Crippen LogP contribution in [0, 0.1) is 0 Å². The van der Waals surface area contributed by atoms with Crippen LogP contribution in [0.1, 0.15) is 41.4 Å². The molecule has 0 saturated carbocycles. The van der Waals surface area contributed by atoms with Gasteiger partial charge in [0, 0.05) is 11.1 Å². The van der Waals surface area contributed by atoms with Crippen LogP contribution in [-0.2, 0) is 5.72 Å². The Labute approximate surface area is 118 Å². The number of benzene rings is 2. The Morgan fingerprint density at radius 3 is 2.30 bits per heavy atom. The van der Waals surface area contributed by atoms with E-state index in [0.717, 1.165) is 5.56 Å². The first-order valence-electron chi connectivity index (χ1n) is 6.74. The second kappa shape index (κ2) is 4.46. The Hall–Kier alpha value is -2.13. The second-order valence-corrected chi connectivity index (χ2v) is 5.33. The zero-order valence-corrected chi connectivity index (χ0v) is 11.6. The SMILES string of the molecule is C[C@@H](c1ccccc1)N1C(=O)c2ccccc2[C@]1(C)O. The lowest BCUT2D eigenvalue weighted by molar-refractivity contribution is -0.0856. The van der Waals surface area contributed by atoms with Crippen LogP contribution in [-0.4, -0.2) is 15.9 Å². The van der Waals surface area contributed by atoms with Crippen LogP contribution in [0.2, 0.25) is 0 Å². The van der Waals surface area contributed by atoms with Gasteiger partial charge in [-0.05, 0) is 25.5 Å². The van der Waals surface area contributed by atoms with Gasteiger partial charge in [0.15, 0.2) is 5.72 Å². The molecule has 1 amide bonds. The molecule has 1 heterocycles. The summed E-state index contributed by atoms with van der Waals surface area (Å²) in [5.41, 5.74) is 0.991. The molecule has 0 bridgehead atoms. The van der Waals surface area contributed by atoms with E-state index in [1.54, 1.807) is 17.9 Å². The predicted octanol–water partition coefficient (Wildman–Crippen LogP) is 3.07. The first-order valence-corrected chi connectivity index (χ1v) is 6.74. The van der Waals surface area contributed by atoms with Crippen molar-refractivity contribution in [3.63, 3.8) is 0 Å². The summed E-state index contributed by atoms with van der Waals surface area (Å²) in [7, 11) is 0. The first-order chi connectivity index (χ1) is 9.53. The van der Waals surface area contributed by atoms with Crippen LogP contribution in [0.4, 0.5) is 0 Å². The van der Waals surface area contributed by atoms with E-state index in [9.17, 15) is 9.90 Å². The van der Waals surface area contributed by atoms with Gasteiger partial charge in [0.1, 0.15) is 0 Å². The summed E-state index contributed by atoms with van der Waals surface area (Å²) >= 11 is 0. The van der Waals surface area contributed by atoms with Crippen molar-refractivity contribution in [1.82, 2.24) is 4.90 Å². The van der Waals surface area contributed by atoms with Crippen molar-refractivity contribution in [2.45, 2.75) is 25.6 Å². The average molecular weight is 267 g/mol. The smallest absolute Gasteiger partial charge is 0.257 e. The molecule has 1 aliphatic heterocycles. The highest BCUT2D eigenvalue weighted by atomic mass is 16.3. The lowest BCUT2D eigenvalue weighted by Crippen LogP contribution is -2.42. The van der Waals surface area contributed by atoms with Crippen molar-refractivity contribution in [2.24, 2.45) is 0 Å².